The van der Waals surface area contributed by atoms with Gasteiger partial charge in [-0.3, -0.25) is 5.14 Å². The van der Waals surface area contributed by atoms with Gasteiger partial charge in [-0.05, 0) is 19.1 Å². The number of nitrogens with two attached hydrogens (primary N) is 1. The standard InChI is InChI=1S/C10H14FN3O.CH5NS/c1-15-9-3-2-4-14(7-9)10-12-5-8(11)6-13-10;1-3-2/h5-6,9H,2-4,7H2,1H3;2H2,1H3. The molecule has 1 fully saturated rings. The summed E-state index contributed by atoms with van der Waals surface area (Å²) in [5, 5.41) is 4.76. The largest absolute Gasteiger partial charge is 0.380 e. The molecule has 1 aromatic rings. The first kappa shape index (κ1) is 15.1. The van der Waals surface area contributed by atoms with Crippen LogP contribution >= 0.6 is 11.9 Å². The highest BCUT2D eigenvalue weighted by Gasteiger charge is 2.21. The highest BCUT2D eigenvalue weighted by Crippen LogP contribution is 2.16. The summed E-state index contributed by atoms with van der Waals surface area (Å²) in [6.45, 7) is 1.69. The molecule has 0 aromatic carbocycles. The second-order valence-corrected chi connectivity index (χ2v) is 4.35. The first-order chi connectivity index (χ1) is 8.71. The van der Waals surface area contributed by atoms with Crippen LogP contribution in [0.15, 0.2) is 12.4 Å². The Morgan fingerprint density at radius 3 is 2.67 bits per heavy atom. The maximum absolute atomic E-state index is 12.6. The van der Waals surface area contributed by atoms with Gasteiger partial charge in [-0.2, -0.15) is 0 Å². The first-order valence-corrected chi connectivity index (χ1v) is 6.98. The van der Waals surface area contributed by atoms with Gasteiger partial charge in [0.15, 0.2) is 5.82 Å². The SMILES string of the molecule is COC1CCCN(c2ncc(F)cn2)C1.CSN. The lowest BCUT2D eigenvalue weighted by Gasteiger charge is -2.31. The summed E-state index contributed by atoms with van der Waals surface area (Å²) in [6, 6.07) is 0. The van der Waals surface area contributed by atoms with Gasteiger partial charge in [0, 0.05) is 20.2 Å². The van der Waals surface area contributed by atoms with Crippen LogP contribution in [-0.2, 0) is 4.74 Å². The molecule has 102 valence electrons. The molecule has 1 aliphatic heterocycles. The quantitative estimate of drug-likeness (QED) is 0.824. The number of halogens is 1. The van der Waals surface area contributed by atoms with Gasteiger partial charge in [-0.15, -0.1) is 0 Å². The molecule has 7 heteroatoms. The molecule has 2 heterocycles. The van der Waals surface area contributed by atoms with Crippen molar-refractivity contribution in [1.82, 2.24) is 9.97 Å². The number of anilines is 1. The van der Waals surface area contributed by atoms with Crippen molar-refractivity contribution in [2.45, 2.75) is 18.9 Å². The molecule has 1 unspecified atom stereocenters. The summed E-state index contributed by atoms with van der Waals surface area (Å²) >= 11 is 1.25. The maximum atomic E-state index is 12.6. The zero-order valence-electron chi connectivity index (χ0n) is 10.7. The van der Waals surface area contributed by atoms with Crippen molar-refractivity contribution in [3.05, 3.63) is 18.2 Å². The fourth-order valence-corrected chi connectivity index (χ4v) is 1.78. The van der Waals surface area contributed by atoms with E-state index < -0.39 is 5.82 Å². The third-order valence-corrected chi connectivity index (χ3v) is 2.60. The predicted octanol–water partition coefficient (Wildman–Crippen LogP) is 1.45. The summed E-state index contributed by atoms with van der Waals surface area (Å²) in [6.07, 6.45) is 6.55. The zero-order chi connectivity index (χ0) is 13.4. The van der Waals surface area contributed by atoms with Crippen LogP contribution in [0.2, 0.25) is 0 Å². The summed E-state index contributed by atoms with van der Waals surface area (Å²) < 4.78 is 17.9. The van der Waals surface area contributed by atoms with Crippen LogP contribution in [0.25, 0.3) is 0 Å². The first-order valence-electron chi connectivity index (χ1n) is 5.69. The molecule has 1 aromatic heterocycles. The number of methoxy groups -OCH3 is 1. The van der Waals surface area contributed by atoms with Crippen LogP contribution in [0.3, 0.4) is 0 Å². The molecule has 2 N–H and O–H groups in total. The molecule has 1 atom stereocenters. The second-order valence-electron chi connectivity index (χ2n) is 3.88. The number of hydrogen-bond acceptors (Lipinski definition) is 6. The van der Waals surface area contributed by atoms with Crippen molar-refractivity contribution in [2.24, 2.45) is 5.14 Å². The van der Waals surface area contributed by atoms with Gasteiger partial charge < -0.3 is 9.64 Å². The van der Waals surface area contributed by atoms with Crippen LogP contribution in [0, 0.1) is 5.82 Å². The van der Waals surface area contributed by atoms with Gasteiger partial charge in [0.2, 0.25) is 5.95 Å². The molecule has 0 bridgehead atoms. The summed E-state index contributed by atoms with van der Waals surface area (Å²) in [5.74, 6) is 0.178. The van der Waals surface area contributed by atoms with Crippen LogP contribution in [0.1, 0.15) is 12.8 Å². The van der Waals surface area contributed by atoms with Crippen LogP contribution < -0.4 is 10.0 Å². The van der Waals surface area contributed by atoms with Crippen molar-refractivity contribution in [3.8, 4) is 0 Å². The van der Waals surface area contributed by atoms with Crippen molar-refractivity contribution in [1.29, 1.82) is 0 Å². The minimum atomic E-state index is -0.404. The third kappa shape index (κ3) is 4.75. The van der Waals surface area contributed by atoms with Gasteiger partial charge in [0.1, 0.15) is 0 Å². The molecule has 0 radical (unpaired) electrons. The van der Waals surface area contributed by atoms with E-state index in [0.29, 0.717) is 5.95 Å². The minimum absolute atomic E-state index is 0.229. The van der Waals surface area contributed by atoms with E-state index in [1.165, 1.54) is 24.3 Å². The number of aromatic nitrogens is 2. The smallest absolute Gasteiger partial charge is 0.225 e. The molecular weight excluding hydrogens is 255 g/mol. The Hall–Kier alpha value is -0.920. The van der Waals surface area contributed by atoms with E-state index in [1.54, 1.807) is 7.11 Å². The Balaban J connectivity index is 0.000000492. The summed E-state index contributed by atoms with van der Waals surface area (Å²) in [7, 11) is 1.71. The van der Waals surface area contributed by atoms with E-state index in [-0.39, 0.29) is 6.10 Å². The molecule has 0 amide bonds. The van der Waals surface area contributed by atoms with Crippen LogP contribution in [0.4, 0.5) is 10.3 Å². The van der Waals surface area contributed by atoms with Crippen molar-refractivity contribution in [2.75, 3.05) is 31.4 Å². The molecule has 0 spiro atoms. The highest BCUT2D eigenvalue weighted by molar-refractivity contribution is 7.96. The fraction of sp³-hybridized carbons (Fsp3) is 0.636. The Bertz CT molecular complexity index is 338. The Kier molecular flexibility index (Phi) is 6.92. The number of rotatable bonds is 2. The molecule has 1 saturated heterocycles. The molecule has 0 aliphatic carbocycles. The van der Waals surface area contributed by atoms with Crippen LogP contribution in [0.5, 0.6) is 0 Å². The van der Waals surface area contributed by atoms with E-state index in [1.807, 2.05) is 11.2 Å². The average molecular weight is 274 g/mol. The number of ether oxygens (including phenoxy) is 1. The highest BCUT2D eigenvalue weighted by atomic mass is 32.2. The van der Waals surface area contributed by atoms with E-state index in [4.69, 9.17) is 9.88 Å². The molecule has 5 nitrogen and oxygen atoms in total. The Labute approximate surface area is 111 Å². The van der Waals surface area contributed by atoms with E-state index >= 15 is 0 Å². The summed E-state index contributed by atoms with van der Waals surface area (Å²) in [5.41, 5.74) is 0. The third-order valence-electron chi connectivity index (χ3n) is 2.60. The molecular formula is C11H19FN4OS. The number of piperidine rings is 1. The number of hydrogen-bond donors (Lipinski definition) is 1. The zero-order valence-corrected chi connectivity index (χ0v) is 11.5. The normalized spacial score (nSPS) is 19.1. The lowest BCUT2D eigenvalue weighted by Crippen LogP contribution is -2.40. The monoisotopic (exact) mass is 274 g/mol. The Morgan fingerprint density at radius 2 is 2.11 bits per heavy atom. The van der Waals surface area contributed by atoms with Gasteiger partial charge in [-0.1, -0.05) is 11.9 Å². The van der Waals surface area contributed by atoms with E-state index in [9.17, 15) is 4.39 Å². The molecule has 1 aliphatic rings. The molecule has 0 saturated carbocycles. The van der Waals surface area contributed by atoms with Crippen molar-refractivity contribution >= 4 is 17.9 Å². The minimum Gasteiger partial charge on any atom is -0.380 e. The van der Waals surface area contributed by atoms with Crippen molar-refractivity contribution < 1.29 is 9.13 Å². The lowest BCUT2D eigenvalue weighted by atomic mass is 10.1. The molecule has 18 heavy (non-hydrogen) atoms. The van der Waals surface area contributed by atoms with Crippen molar-refractivity contribution in [3.63, 3.8) is 0 Å². The van der Waals surface area contributed by atoms with E-state index in [2.05, 4.69) is 9.97 Å². The fourth-order valence-electron chi connectivity index (χ4n) is 1.78. The van der Waals surface area contributed by atoms with E-state index in [0.717, 1.165) is 25.9 Å². The average Bonchev–Trinajstić information content (AvgIpc) is 2.40. The van der Waals surface area contributed by atoms with Crippen LogP contribution in [-0.4, -0.2) is 42.5 Å². The predicted molar refractivity (Wildman–Crippen MR) is 71.9 cm³/mol. The Morgan fingerprint density at radius 1 is 1.50 bits per heavy atom. The van der Waals surface area contributed by atoms with Gasteiger partial charge in [-0.25, -0.2) is 14.4 Å². The number of nitrogens with zero attached hydrogens (tertiary/aromatic N) is 3. The maximum Gasteiger partial charge on any atom is 0.225 e. The topological polar surface area (TPSA) is 64.3 Å². The van der Waals surface area contributed by atoms with Gasteiger partial charge >= 0.3 is 0 Å². The second kappa shape index (κ2) is 8.23. The summed E-state index contributed by atoms with van der Waals surface area (Å²) in [4.78, 5) is 9.93. The van der Waals surface area contributed by atoms with Gasteiger partial charge in [0.25, 0.3) is 0 Å². The molecule has 2 rings (SSSR count). The lowest BCUT2D eigenvalue weighted by molar-refractivity contribution is 0.0889. The van der Waals surface area contributed by atoms with Gasteiger partial charge in [0.05, 0.1) is 18.5 Å².